The first-order chi connectivity index (χ1) is 8.21. The van der Waals surface area contributed by atoms with Gasteiger partial charge in [0.1, 0.15) is 0 Å². The molecule has 0 saturated heterocycles. The third kappa shape index (κ3) is 1.24. The Kier molecular flexibility index (Phi) is 2.24. The van der Waals surface area contributed by atoms with Gasteiger partial charge in [0.05, 0.1) is 12.2 Å². The van der Waals surface area contributed by atoms with Crippen LogP contribution in [0.15, 0.2) is 11.1 Å². The number of carbonyl (C=O) groups is 1. The lowest BCUT2D eigenvalue weighted by molar-refractivity contribution is -0.115. The maximum atomic E-state index is 12.0. The summed E-state index contributed by atoms with van der Waals surface area (Å²) >= 11 is 0. The van der Waals surface area contributed by atoms with Crippen LogP contribution in [-0.2, 0) is 4.79 Å². The summed E-state index contributed by atoms with van der Waals surface area (Å²) in [5, 5.41) is 21.1. The van der Waals surface area contributed by atoms with Gasteiger partial charge in [-0.15, -0.1) is 0 Å². The van der Waals surface area contributed by atoms with Gasteiger partial charge in [0.15, 0.2) is 5.78 Å². The molecule has 0 aromatic rings. The lowest BCUT2D eigenvalue weighted by atomic mass is 9.75. The average Bonchev–Trinajstić information content (AvgIpc) is 2.90. The molecular formula is C15H22O3. The Morgan fingerprint density at radius 1 is 1.22 bits per heavy atom. The third-order valence-corrected chi connectivity index (χ3v) is 5.90. The van der Waals surface area contributed by atoms with E-state index in [1.54, 1.807) is 0 Å². The molecule has 0 aromatic heterocycles. The molecule has 0 spiro atoms. The van der Waals surface area contributed by atoms with Crippen LogP contribution in [0, 0.1) is 22.7 Å². The van der Waals surface area contributed by atoms with Crippen LogP contribution >= 0.6 is 0 Å². The van der Waals surface area contributed by atoms with Crippen LogP contribution < -0.4 is 0 Å². The molecule has 5 atom stereocenters. The van der Waals surface area contributed by atoms with Crippen LogP contribution in [0.1, 0.15) is 40.5 Å². The fraction of sp³-hybridized carbons (Fsp3) is 0.800. The van der Waals surface area contributed by atoms with Crippen LogP contribution in [-0.4, -0.2) is 28.2 Å². The predicted molar refractivity (Wildman–Crippen MR) is 67.8 cm³/mol. The SMILES string of the molecule is CC1=C2[C@H](O)C(C)(C)[C@H](O)[C@H]3C[C@@]3(C)[C@H]2CC1=O. The quantitative estimate of drug-likeness (QED) is 0.687. The van der Waals surface area contributed by atoms with E-state index in [2.05, 4.69) is 6.92 Å². The Bertz CT molecular complexity index is 462. The minimum absolute atomic E-state index is 0.0108. The van der Waals surface area contributed by atoms with Crippen molar-refractivity contribution in [2.45, 2.75) is 52.7 Å². The van der Waals surface area contributed by atoms with Crippen molar-refractivity contribution in [3.8, 4) is 0 Å². The molecule has 0 bridgehead atoms. The predicted octanol–water partition coefficient (Wildman–Crippen LogP) is 1.68. The van der Waals surface area contributed by atoms with Crippen LogP contribution in [0.5, 0.6) is 0 Å². The van der Waals surface area contributed by atoms with Gasteiger partial charge < -0.3 is 10.2 Å². The lowest BCUT2D eigenvalue weighted by Crippen LogP contribution is -2.42. The molecule has 2 N–H and O–H groups in total. The highest BCUT2D eigenvalue weighted by molar-refractivity contribution is 5.99. The van der Waals surface area contributed by atoms with Crippen molar-refractivity contribution in [3.63, 3.8) is 0 Å². The van der Waals surface area contributed by atoms with Crippen LogP contribution in [0.2, 0.25) is 0 Å². The maximum absolute atomic E-state index is 12.0. The van der Waals surface area contributed by atoms with E-state index >= 15 is 0 Å². The van der Waals surface area contributed by atoms with Gasteiger partial charge in [-0.2, -0.15) is 0 Å². The second-order valence-electron chi connectivity index (χ2n) is 7.25. The van der Waals surface area contributed by atoms with Gasteiger partial charge in [-0.1, -0.05) is 20.8 Å². The summed E-state index contributed by atoms with van der Waals surface area (Å²) in [4.78, 5) is 12.0. The lowest BCUT2D eigenvalue weighted by Gasteiger charge is -2.35. The Balaban J connectivity index is 2.16. The number of rotatable bonds is 0. The fourth-order valence-corrected chi connectivity index (χ4v) is 4.22. The zero-order valence-corrected chi connectivity index (χ0v) is 11.5. The number of allylic oxidation sites excluding steroid dienone is 1. The zero-order valence-electron chi connectivity index (χ0n) is 11.5. The van der Waals surface area contributed by atoms with Crippen molar-refractivity contribution >= 4 is 5.78 Å². The number of aliphatic hydroxyl groups is 2. The topological polar surface area (TPSA) is 57.5 Å². The van der Waals surface area contributed by atoms with Gasteiger partial charge in [-0.25, -0.2) is 0 Å². The molecule has 0 amide bonds. The minimum atomic E-state index is -0.700. The smallest absolute Gasteiger partial charge is 0.159 e. The Morgan fingerprint density at radius 3 is 2.44 bits per heavy atom. The summed E-state index contributed by atoms with van der Waals surface area (Å²) < 4.78 is 0. The Morgan fingerprint density at radius 2 is 1.83 bits per heavy atom. The highest BCUT2D eigenvalue weighted by atomic mass is 16.3. The van der Waals surface area contributed by atoms with Gasteiger partial charge in [0, 0.05) is 11.8 Å². The Hall–Kier alpha value is -0.670. The Labute approximate surface area is 108 Å². The number of fused-ring (bicyclic) bond motifs is 3. The normalized spacial score (nSPS) is 49.8. The van der Waals surface area contributed by atoms with Crippen molar-refractivity contribution in [2.24, 2.45) is 22.7 Å². The van der Waals surface area contributed by atoms with Crippen molar-refractivity contribution in [2.75, 3.05) is 0 Å². The zero-order chi connectivity index (χ0) is 13.5. The van der Waals surface area contributed by atoms with E-state index in [-0.39, 0.29) is 23.0 Å². The highest BCUT2D eigenvalue weighted by Crippen LogP contribution is 2.68. The van der Waals surface area contributed by atoms with E-state index in [9.17, 15) is 15.0 Å². The molecule has 3 rings (SSSR count). The summed E-state index contributed by atoms with van der Waals surface area (Å²) in [5.41, 5.74) is 1.09. The van der Waals surface area contributed by atoms with E-state index in [0.717, 1.165) is 17.6 Å². The van der Waals surface area contributed by atoms with Gasteiger partial charge in [0.25, 0.3) is 0 Å². The van der Waals surface area contributed by atoms with Crippen molar-refractivity contribution in [1.29, 1.82) is 0 Å². The molecule has 2 saturated carbocycles. The molecule has 0 radical (unpaired) electrons. The first kappa shape index (κ1) is 12.4. The number of ketones is 1. The van der Waals surface area contributed by atoms with Crippen molar-refractivity contribution < 1.29 is 15.0 Å². The van der Waals surface area contributed by atoms with Gasteiger partial charge >= 0.3 is 0 Å². The number of carbonyl (C=O) groups excluding carboxylic acids is 1. The van der Waals surface area contributed by atoms with E-state index in [4.69, 9.17) is 0 Å². The van der Waals surface area contributed by atoms with E-state index in [1.807, 2.05) is 20.8 Å². The third-order valence-electron chi connectivity index (χ3n) is 5.90. The second kappa shape index (κ2) is 3.26. The molecule has 0 unspecified atom stereocenters. The molecule has 3 heteroatoms. The summed E-state index contributed by atoms with van der Waals surface area (Å²) in [6.45, 7) is 7.81. The van der Waals surface area contributed by atoms with Crippen molar-refractivity contribution in [1.82, 2.24) is 0 Å². The monoisotopic (exact) mass is 250 g/mol. The van der Waals surface area contributed by atoms with Gasteiger partial charge in [-0.3, -0.25) is 4.79 Å². The largest absolute Gasteiger partial charge is 0.392 e. The van der Waals surface area contributed by atoms with Crippen molar-refractivity contribution in [3.05, 3.63) is 11.1 Å². The van der Waals surface area contributed by atoms with E-state index in [0.29, 0.717) is 6.42 Å². The summed E-state index contributed by atoms with van der Waals surface area (Å²) in [7, 11) is 0. The fourth-order valence-electron chi connectivity index (χ4n) is 4.22. The van der Waals surface area contributed by atoms with Crippen LogP contribution in [0.25, 0.3) is 0 Å². The second-order valence-corrected chi connectivity index (χ2v) is 7.25. The molecule has 3 aliphatic rings. The number of aliphatic hydroxyl groups excluding tert-OH is 2. The average molecular weight is 250 g/mol. The van der Waals surface area contributed by atoms with Crippen LogP contribution in [0.4, 0.5) is 0 Å². The highest BCUT2D eigenvalue weighted by Gasteiger charge is 2.67. The molecule has 0 heterocycles. The molecule has 0 aromatic carbocycles. The maximum Gasteiger partial charge on any atom is 0.159 e. The summed E-state index contributed by atoms with van der Waals surface area (Å²) in [6, 6.07) is 0. The molecular weight excluding hydrogens is 228 g/mol. The first-order valence-corrected chi connectivity index (χ1v) is 6.81. The van der Waals surface area contributed by atoms with E-state index in [1.165, 1.54) is 0 Å². The molecule has 0 aliphatic heterocycles. The standard InChI is InChI=1S/C15H22O3/c1-7-10(16)5-8-11(7)13(18)14(2,3)12(17)9-6-15(8,9)4/h8-9,12-13,17-18H,5-6H2,1-4H3/t8-,9+,12+,13-,15-/m0/s1. The number of hydrogen-bond acceptors (Lipinski definition) is 3. The summed E-state index contributed by atoms with van der Waals surface area (Å²) in [5.74, 6) is 0.540. The molecule has 3 nitrogen and oxygen atoms in total. The van der Waals surface area contributed by atoms with E-state index < -0.39 is 17.6 Å². The minimum Gasteiger partial charge on any atom is -0.392 e. The van der Waals surface area contributed by atoms with Gasteiger partial charge in [-0.05, 0) is 41.7 Å². The molecule has 18 heavy (non-hydrogen) atoms. The summed E-state index contributed by atoms with van der Waals surface area (Å²) in [6.07, 6.45) is 0.305. The first-order valence-electron chi connectivity index (χ1n) is 6.81. The van der Waals surface area contributed by atoms with Gasteiger partial charge in [0.2, 0.25) is 0 Å². The molecule has 2 fully saturated rings. The number of Topliss-reactive ketones (excluding diaryl/α,β-unsaturated/α-hetero) is 1. The van der Waals surface area contributed by atoms with Crippen LogP contribution in [0.3, 0.4) is 0 Å². The number of hydrogen-bond donors (Lipinski definition) is 2. The molecule has 100 valence electrons. The molecule has 3 aliphatic carbocycles.